The molecule has 0 aliphatic rings. The van der Waals surface area contributed by atoms with Crippen LogP contribution in [0.1, 0.15) is 38.3 Å². The molecule has 10 heteroatoms. The number of aryl methyl sites for hydroxylation is 1. The number of amides is 2. The maximum absolute atomic E-state index is 14.1. The first-order chi connectivity index (χ1) is 18.9. The van der Waals surface area contributed by atoms with Gasteiger partial charge in [0.15, 0.2) is 0 Å². The normalized spacial score (nSPS) is 12.2. The van der Waals surface area contributed by atoms with Crippen LogP contribution in [-0.2, 0) is 26.2 Å². The summed E-state index contributed by atoms with van der Waals surface area (Å²) in [6.45, 7) is 7.57. The molecule has 0 bridgehead atoms. The molecule has 0 aromatic heterocycles. The van der Waals surface area contributed by atoms with Crippen molar-refractivity contribution in [1.29, 1.82) is 0 Å². The van der Waals surface area contributed by atoms with E-state index in [9.17, 15) is 18.0 Å². The number of carbonyl (C=O) groups is 2. The Balaban J connectivity index is 2.06. The molecule has 0 saturated heterocycles. The van der Waals surface area contributed by atoms with Crippen molar-refractivity contribution in [1.82, 2.24) is 10.2 Å². The summed E-state index contributed by atoms with van der Waals surface area (Å²) in [5.41, 5.74) is 1.67. The van der Waals surface area contributed by atoms with Crippen molar-refractivity contribution >= 4 is 50.7 Å². The van der Waals surface area contributed by atoms with Crippen LogP contribution in [0.2, 0.25) is 10.0 Å². The van der Waals surface area contributed by atoms with Gasteiger partial charge in [-0.1, -0.05) is 74.3 Å². The number of halogens is 2. The van der Waals surface area contributed by atoms with Gasteiger partial charge in [0.1, 0.15) is 12.6 Å². The highest BCUT2D eigenvalue weighted by molar-refractivity contribution is 7.92. The summed E-state index contributed by atoms with van der Waals surface area (Å²) < 4.78 is 28.9. The largest absolute Gasteiger partial charge is 0.354 e. The molecule has 3 aromatic carbocycles. The quantitative estimate of drug-likeness (QED) is 0.272. The van der Waals surface area contributed by atoms with Gasteiger partial charge >= 0.3 is 0 Å². The third-order valence-electron chi connectivity index (χ3n) is 6.37. The average Bonchev–Trinajstić information content (AvgIpc) is 2.92. The monoisotopic (exact) mass is 603 g/mol. The number of nitrogens with one attached hydrogen (secondary N) is 1. The van der Waals surface area contributed by atoms with E-state index < -0.39 is 28.5 Å². The number of sulfonamides is 1. The minimum absolute atomic E-state index is 0.0446. The molecule has 0 unspecified atom stereocenters. The molecule has 3 aromatic rings. The van der Waals surface area contributed by atoms with Gasteiger partial charge in [0.2, 0.25) is 11.8 Å². The number of hydrogen-bond donors (Lipinski definition) is 1. The molecular formula is C30H35Cl2N3O4S. The van der Waals surface area contributed by atoms with Crippen LogP contribution in [0, 0.1) is 12.8 Å². The predicted molar refractivity (Wildman–Crippen MR) is 161 cm³/mol. The molecule has 1 atom stereocenters. The van der Waals surface area contributed by atoms with E-state index in [1.807, 2.05) is 20.8 Å². The zero-order valence-corrected chi connectivity index (χ0v) is 25.4. The first kappa shape index (κ1) is 31.5. The lowest BCUT2D eigenvalue weighted by Crippen LogP contribution is -2.52. The van der Waals surface area contributed by atoms with E-state index in [2.05, 4.69) is 5.32 Å². The third kappa shape index (κ3) is 7.99. The molecule has 7 nitrogen and oxygen atoms in total. The lowest BCUT2D eigenvalue weighted by molar-refractivity contribution is -0.140. The number of rotatable bonds is 12. The zero-order valence-electron chi connectivity index (χ0n) is 23.1. The summed E-state index contributed by atoms with van der Waals surface area (Å²) in [6.07, 6.45) is 0.342. The fourth-order valence-electron chi connectivity index (χ4n) is 4.26. The van der Waals surface area contributed by atoms with Crippen LogP contribution in [-0.4, -0.2) is 44.3 Å². The van der Waals surface area contributed by atoms with E-state index in [1.165, 1.54) is 17.0 Å². The molecule has 0 aliphatic heterocycles. The number of benzene rings is 3. The molecule has 214 valence electrons. The zero-order chi connectivity index (χ0) is 29.4. The number of nitrogens with zero attached hydrogens (tertiary/aromatic N) is 2. The summed E-state index contributed by atoms with van der Waals surface area (Å²) in [7, 11) is -4.15. The van der Waals surface area contributed by atoms with Gasteiger partial charge in [-0.3, -0.25) is 13.9 Å². The van der Waals surface area contributed by atoms with Gasteiger partial charge in [-0.05, 0) is 72.9 Å². The van der Waals surface area contributed by atoms with E-state index in [0.29, 0.717) is 34.3 Å². The molecule has 1 N–H and O–H groups in total. The van der Waals surface area contributed by atoms with Gasteiger partial charge in [0, 0.05) is 23.1 Å². The highest BCUT2D eigenvalue weighted by Gasteiger charge is 2.34. The van der Waals surface area contributed by atoms with Gasteiger partial charge in [-0.15, -0.1) is 0 Å². The second-order valence-electron chi connectivity index (χ2n) is 9.97. The molecule has 0 saturated carbocycles. The van der Waals surface area contributed by atoms with Crippen molar-refractivity contribution in [2.75, 3.05) is 17.4 Å². The van der Waals surface area contributed by atoms with Crippen molar-refractivity contribution in [3.05, 3.63) is 94.0 Å². The molecule has 0 radical (unpaired) electrons. The average molecular weight is 605 g/mol. The summed E-state index contributed by atoms with van der Waals surface area (Å²) in [5.74, 6) is -0.588. The van der Waals surface area contributed by atoms with Gasteiger partial charge in [0.25, 0.3) is 10.0 Å². The van der Waals surface area contributed by atoms with Gasteiger partial charge in [-0.2, -0.15) is 0 Å². The highest BCUT2D eigenvalue weighted by Crippen LogP contribution is 2.29. The summed E-state index contributed by atoms with van der Waals surface area (Å²) >= 11 is 12.2. The maximum atomic E-state index is 14.1. The molecule has 0 fully saturated rings. The topological polar surface area (TPSA) is 86.8 Å². The summed E-state index contributed by atoms with van der Waals surface area (Å²) in [5, 5.41) is 3.91. The summed E-state index contributed by atoms with van der Waals surface area (Å²) in [6, 6.07) is 18.9. The Morgan fingerprint density at radius 3 is 2.12 bits per heavy atom. The smallest absolute Gasteiger partial charge is 0.264 e. The molecule has 2 amide bonds. The molecular weight excluding hydrogens is 569 g/mol. The van der Waals surface area contributed by atoms with Crippen LogP contribution in [0.25, 0.3) is 0 Å². The molecule has 0 aliphatic carbocycles. The van der Waals surface area contributed by atoms with Crippen LogP contribution < -0.4 is 9.62 Å². The Morgan fingerprint density at radius 1 is 0.925 bits per heavy atom. The van der Waals surface area contributed by atoms with Gasteiger partial charge in [0.05, 0.1) is 10.6 Å². The SMILES string of the molecule is CC[C@@H](C(=O)NCC(C)C)N(Cc1ccc(Cl)cc1)C(=O)CN(c1ccc(Cl)cc1C)S(=O)(=O)c1ccccc1. The Morgan fingerprint density at radius 2 is 1.55 bits per heavy atom. The lowest BCUT2D eigenvalue weighted by Gasteiger charge is -2.33. The maximum Gasteiger partial charge on any atom is 0.264 e. The van der Waals surface area contributed by atoms with E-state index in [1.54, 1.807) is 67.6 Å². The summed E-state index contributed by atoms with van der Waals surface area (Å²) in [4.78, 5) is 28.8. The number of anilines is 1. The predicted octanol–water partition coefficient (Wildman–Crippen LogP) is 6.08. The number of hydrogen-bond acceptors (Lipinski definition) is 4. The highest BCUT2D eigenvalue weighted by atomic mass is 35.5. The van der Waals surface area contributed by atoms with Crippen molar-refractivity contribution in [2.24, 2.45) is 5.92 Å². The number of carbonyl (C=O) groups excluding carboxylic acids is 2. The first-order valence-electron chi connectivity index (χ1n) is 13.1. The van der Waals surface area contributed by atoms with Crippen molar-refractivity contribution in [3.63, 3.8) is 0 Å². The molecule has 40 heavy (non-hydrogen) atoms. The van der Waals surface area contributed by atoms with Crippen LogP contribution in [0.4, 0.5) is 5.69 Å². The van der Waals surface area contributed by atoms with E-state index >= 15 is 0 Å². The van der Waals surface area contributed by atoms with Crippen molar-refractivity contribution in [3.8, 4) is 0 Å². The first-order valence-corrected chi connectivity index (χ1v) is 15.3. The van der Waals surface area contributed by atoms with Crippen LogP contribution in [0.5, 0.6) is 0 Å². The molecule has 0 spiro atoms. The standard InChI is InChI=1S/C30H35Cl2N3O4S/c1-5-27(30(37)33-18-21(2)3)34(19-23-11-13-24(31)14-12-23)29(36)20-35(28-16-15-25(32)17-22(28)4)40(38,39)26-9-7-6-8-10-26/h6-17,21,27H,5,18-20H2,1-4H3,(H,33,37)/t27-/m0/s1. The van der Waals surface area contributed by atoms with Crippen LogP contribution in [0.3, 0.4) is 0 Å². The van der Waals surface area contributed by atoms with E-state index in [0.717, 1.165) is 9.87 Å². The Bertz CT molecular complexity index is 1410. The fourth-order valence-corrected chi connectivity index (χ4v) is 6.11. The Labute approximate surface area is 247 Å². The van der Waals surface area contributed by atoms with Gasteiger partial charge < -0.3 is 10.2 Å². The second-order valence-corrected chi connectivity index (χ2v) is 12.7. The fraction of sp³-hybridized carbons (Fsp3) is 0.333. The second kappa shape index (κ2) is 14.0. The van der Waals surface area contributed by atoms with Crippen molar-refractivity contribution < 1.29 is 18.0 Å². The molecule has 3 rings (SSSR count). The van der Waals surface area contributed by atoms with Crippen LogP contribution >= 0.6 is 23.2 Å². The Kier molecular flexibility index (Phi) is 11.0. The lowest BCUT2D eigenvalue weighted by atomic mass is 10.1. The van der Waals surface area contributed by atoms with E-state index in [-0.39, 0.29) is 23.3 Å². The minimum atomic E-state index is -4.15. The van der Waals surface area contributed by atoms with E-state index in [4.69, 9.17) is 23.2 Å². The van der Waals surface area contributed by atoms with Gasteiger partial charge in [-0.25, -0.2) is 8.42 Å². The van der Waals surface area contributed by atoms with Crippen molar-refractivity contribution in [2.45, 2.75) is 51.6 Å². The minimum Gasteiger partial charge on any atom is -0.354 e. The Hall–Kier alpha value is -3.07. The molecule has 0 heterocycles. The third-order valence-corrected chi connectivity index (χ3v) is 8.64. The van der Waals surface area contributed by atoms with Crippen LogP contribution in [0.15, 0.2) is 77.7 Å².